The third-order valence-electron chi connectivity index (χ3n) is 5.07. The van der Waals surface area contributed by atoms with Gasteiger partial charge in [-0.25, -0.2) is 0 Å². The van der Waals surface area contributed by atoms with E-state index in [0.717, 1.165) is 0 Å². The largest absolute Gasteiger partial charge is 1.00 e. The number of halogens is 2. The van der Waals surface area contributed by atoms with Crippen LogP contribution in [0.1, 0.15) is 43.2 Å². The molecule has 2 unspecified atom stereocenters. The Bertz CT molecular complexity index is 647. The van der Waals surface area contributed by atoms with E-state index in [9.17, 15) is 0 Å². The van der Waals surface area contributed by atoms with Crippen molar-refractivity contribution < 1.29 is 46.6 Å². The first-order valence-electron chi connectivity index (χ1n) is 9.04. The smallest absolute Gasteiger partial charge is 1.00 e. The molecule has 0 heterocycles. The van der Waals surface area contributed by atoms with Gasteiger partial charge in [-0.15, -0.1) is 0 Å². The molecular weight excluding hydrogens is 438 g/mol. The summed E-state index contributed by atoms with van der Waals surface area (Å²) in [5.74, 6) is 1.37. The van der Waals surface area contributed by atoms with Crippen molar-refractivity contribution in [2.75, 3.05) is 0 Å². The van der Waals surface area contributed by atoms with Crippen molar-refractivity contribution in [3.8, 4) is 0 Å². The first kappa shape index (κ1) is 23.4. The zero-order chi connectivity index (χ0) is 16.8. The zero-order valence-electron chi connectivity index (χ0n) is 15.5. The van der Waals surface area contributed by atoms with Gasteiger partial charge in [0.1, 0.15) is 0 Å². The molecule has 0 nitrogen and oxygen atoms in total. The minimum absolute atomic E-state index is 0. The maximum absolute atomic E-state index is 2.43. The number of hydrogen-bond acceptors (Lipinski definition) is 0. The summed E-state index contributed by atoms with van der Waals surface area (Å²) >= 11 is -1.61. The van der Waals surface area contributed by atoms with Gasteiger partial charge < -0.3 is 24.8 Å². The van der Waals surface area contributed by atoms with E-state index >= 15 is 0 Å². The molecule has 0 bridgehead atoms. The molecule has 0 radical (unpaired) electrons. The van der Waals surface area contributed by atoms with Gasteiger partial charge in [0.25, 0.3) is 0 Å². The van der Waals surface area contributed by atoms with E-state index in [4.69, 9.17) is 0 Å². The Kier molecular flexibility index (Phi) is 10.8. The van der Waals surface area contributed by atoms with Crippen LogP contribution >= 0.6 is 0 Å². The van der Waals surface area contributed by atoms with Crippen LogP contribution < -0.4 is 24.8 Å². The molecule has 0 aliphatic heterocycles. The third kappa shape index (κ3) is 6.52. The van der Waals surface area contributed by atoms with Crippen LogP contribution in [0.2, 0.25) is 8.26 Å². The molecule has 0 fully saturated rings. The molecule has 1 aliphatic rings. The molecule has 137 valence electrons. The van der Waals surface area contributed by atoms with Gasteiger partial charge in [0.15, 0.2) is 0 Å². The molecule has 1 aliphatic carbocycles. The van der Waals surface area contributed by atoms with Crippen LogP contribution in [-0.2, 0) is 21.8 Å². The molecule has 2 aromatic rings. The molecule has 0 amide bonds. The third-order valence-corrected chi connectivity index (χ3v) is 13.6. The Morgan fingerprint density at radius 1 is 0.769 bits per heavy atom. The average molecular weight is 466 g/mol. The van der Waals surface area contributed by atoms with Crippen molar-refractivity contribution in [2.24, 2.45) is 0 Å². The van der Waals surface area contributed by atoms with Crippen molar-refractivity contribution in [1.29, 1.82) is 0 Å². The van der Waals surface area contributed by atoms with Gasteiger partial charge in [-0.1, -0.05) is 0 Å². The summed E-state index contributed by atoms with van der Waals surface area (Å²) in [6, 6.07) is 22.2. The summed E-state index contributed by atoms with van der Waals surface area (Å²) in [5, 5.41) is 0. The molecule has 3 rings (SSSR count). The number of allylic oxidation sites excluding steroid dienone is 4. The fourth-order valence-electron chi connectivity index (χ4n) is 3.59. The second-order valence-electron chi connectivity index (χ2n) is 6.96. The predicted octanol–water partition coefficient (Wildman–Crippen LogP) is 0.900. The van der Waals surface area contributed by atoms with E-state index < -0.39 is 21.8 Å². The van der Waals surface area contributed by atoms with E-state index in [1.807, 2.05) is 3.28 Å². The summed E-state index contributed by atoms with van der Waals surface area (Å²) in [7, 11) is 0. The van der Waals surface area contributed by atoms with Crippen LogP contribution in [0, 0.1) is 0 Å². The minimum Gasteiger partial charge on any atom is -1.00 e. The molecule has 0 N–H and O–H groups in total. The van der Waals surface area contributed by atoms with Crippen molar-refractivity contribution in [1.82, 2.24) is 0 Å². The van der Waals surface area contributed by atoms with Gasteiger partial charge in [-0.3, -0.25) is 0 Å². The minimum atomic E-state index is -1.61. The van der Waals surface area contributed by atoms with Gasteiger partial charge in [0.2, 0.25) is 0 Å². The van der Waals surface area contributed by atoms with Gasteiger partial charge >= 0.3 is 155 Å². The average Bonchev–Trinajstić information content (AvgIpc) is 3.17. The SMILES string of the molecule is CC([CH2][Zr+2]([CH2]C(C)c1ccccc1)[C]1=CC=CC1)c1ccccc1.[Cl-].[Cl-]. The molecule has 0 aromatic heterocycles. The van der Waals surface area contributed by atoms with E-state index in [-0.39, 0.29) is 24.8 Å². The van der Waals surface area contributed by atoms with E-state index in [2.05, 4.69) is 92.7 Å². The van der Waals surface area contributed by atoms with Crippen molar-refractivity contribution in [3.05, 3.63) is 93.3 Å². The summed E-state index contributed by atoms with van der Waals surface area (Å²) in [6.07, 6.45) is 8.27. The van der Waals surface area contributed by atoms with Crippen LogP contribution in [0.15, 0.2) is 82.2 Å². The second kappa shape index (κ2) is 12.0. The molecule has 2 aromatic carbocycles. The fraction of sp³-hybridized carbons (Fsp3) is 0.304. The maximum Gasteiger partial charge on any atom is -1.00 e. The van der Waals surface area contributed by atoms with Crippen LogP contribution in [-0.4, -0.2) is 0 Å². The van der Waals surface area contributed by atoms with Crippen LogP contribution in [0.5, 0.6) is 0 Å². The standard InChI is InChI=1S/2C9H11.C5H5.2ClH.Zr/c2*1-8(2)9-6-4-3-5-7-9;1-2-4-5-3-1;;;/h2*3-8H,1H2,2H3;1-3H,4H2;2*1H;/q;;;;;+2/p-2. The first-order chi connectivity index (χ1) is 11.7. The normalized spacial score (nSPS) is 14.6. The molecular formula is C23H27Cl2Zr. The van der Waals surface area contributed by atoms with Crippen molar-refractivity contribution in [2.45, 2.75) is 40.4 Å². The molecule has 2 atom stereocenters. The maximum atomic E-state index is 2.43. The Labute approximate surface area is 179 Å². The number of rotatable bonds is 7. The van der Waals surface area contributed by atoms with Gasteiger partial charge in [-0.2, -0.15) is 0 Å². The van der Waals surface area contributed by atoms with Crippen LogP contribution in [0.4, 0.5) is 0 Å². The molecule has 0 saturated heterocycles. The van der Waals surface area contributed by atoms with Crippen molar-refractivity contribution in [3.63, 3.8) is 0 Å². The summed E-state index contributed by atoms with van der Waals surface area (Å²) in [5.41, 5.74) is 3.02. The number of hydrogen-bond donors (Lipinski definition) is 0. The Balaban J connectivity index is 0.00000169. The van der Waals surface area contributed by atoms with Gasteiger partial charge in [0, 0.05) is 0 Å². The molecule has 3 heteroatoms. The van der Waals surface area contributed by atoms with E-state index in [1.54, 1.807) is 0 Å². The Morgan fingerprint density at radius 2 is 1.23 bits per heavy atom. The second-order valence-corrected chi connectivity index (χ2v) is 13.5. The summed E-state index contributed by atoms with van der Waals surface area (Å²) in [4.78, 5) is 0. The zero-order valence-corrected chi connectivity index (χ0v) is 19.5. The van der Waals surface area contributed by atoms with Crippen LogP contribution in [0.3, 0.4) is 0 Å². The molecule has 0 saturated carbocycles. The predicted molar refractivity (Wildman–Crippen MR) is 101 cm³/mol. The quantitative estimate of drug-likeness (QED) is 0.570. The van der Waals surface area contributed by atoms with Crippen LogP contribution in [0.25, 0.3) is 0 Å². The number of benzene rings is 2. The molecule has 0 spiro atoms. The molecule has 26 heavy (non-hydrogen) atoms. The van der Waals surface area contributed by atoms with E-state index in [1.165, 1.54) is 25.8 Å². The summed E-state index contributed by atoms with van der Waals surface area (Å²) < 4.78 is 4.66. The monoisotopic (exact) mass is 463 g/mol. The van der Waals surface area contributed by atoms with Gasteiger partial charge in [0.05, 0.1) is 0 Å². The topological polar surface area (TPSA) is 0 Å². The fourth-order valence-corrected chi connectivity index (χ4v) is 11.9. The summed E-state index contributed by atoms with van der Waals surface area (Å²) in [6.45, 7) is 4.85. The van der Waals surface area contributed by atoms with Crippen molar-refractivity contribution >= 4 is 0 Å². The first-order valence-corrected chi connectivity index (χ1v) is 13.7. The van der Waals surface area contributed by atoms with Gasteiger partial charge in [-0.05, 0) is 0 Å². The Morgan fingerprint density at radius 3 is 1.62 bits per heavy atom. The van der Waals surface area contributed by atoms with E-state index in [0.29, 0.717) is 11.8 Å². The Hall–Kier alpha value is -0.617.